The van der Waals surface area contributed by atoms with Crippen molar-refractivity contribution in [2.75, 3.05) is 11.9 Å². The summed E-state index contributed by atoms with van der Waals surface area (Å²) in [4.78, 5) is 14.7. The zero-order valence-electron chi connectivity index (χ0n) is 16.6. The Balaban J connectivity index is 1.44. The molecule has 2 aliphatic rings. The molecule has 8 heteroatoms. The number of fused-ring (bicyclic) bond motifs is 2. The van der Waals surface area contributed by atoms with Gasteiger partial charge in [-0.15, -0.1) is 0 Å². The molecule has 0 spiro atoms. The van der Waals surface area contributed by atoms with Gasteiger partial charge in [0.1, 0.15) is 5.82 Å². The Morgan fingerprint density at radius 3 is 2.48 bits per heavy atom. The first-order valence-electron chi connectivity index (χ1n) is 10.2. The predicted octanol–water partition coefficient (Wildman–Crippen LogP) is 4.74. The first-order valence-corrected chi connectivity index (χ1v) is 10.2. The molecule has 2 aliphatic heterocycles. The van der Waals surface area contributed by atoms with Crippen molar-refractivity contribution in [3.8, 4) is 0 Å². The van der Waals surface area contributed by atoms with E-state index in [4.69, 9.17) is 0 Å². The number of hydrogen-bond acceptors (Lipinski definition) is 3. The Morgan fingerprint density at radius 2 is 1.74 bits per heavy atom. The second-order valence-electron chi connectivity index (χ2n) is 8.01. The Kier molecular flexibility index (Phi) is 4.72. The molecule has 3 aromatic rings. The predicted molar refractivity (Wildman–Crippen MR) is 110 cm³/mol. The lowest BCUT2D eigenvalue weighted by atomic mass is 9.97. The molecule has 0 fully saturated rings. The molecular formula is C23H21F3N4O. The number of anilines is 1. The van der Waals surface area contributed by atoms with E-state index in [9.17, 15) is 18.0 Å². The standard InChI is InChI=1S/C23H21F3N4O/c24-23(25,26)20-12-18(16-7-2-1-3-8-16)27-21-13-19(28-30(20)21)22(31)29-11-10-15-6-4-5-9-17(15)14-29/h1-9,13,18,20,27H,10-12,14H2/t18-,20-/m0/s1. The van der Waals surface area contributed by atoms with Crippen LogP contribution in [0.2, 0.25) is 0 Å². The van der Waals surface area contributed by atoms with E-state index >= 15 is 0 Å². The van der Waals surface area contributed by atoms with Crippen molar-refractivity contribution in [1.29, 1.82) is 0 Å². The number of aromatic nitrogens is 2. The third kappa shape index (κ3) is 3.66. The van der Waals surface area contributed by atoms with Crippen LogP contribution in [0, 0.1) is 0 Å². The highest BCUT2D eigenvalue weighted by Crippen LogP contribution is 2.43. The third-order valence-corrected chi connectivity index (χ3v) is 6.03. The van der Waals surface area contributed by atoms with E-state index in [1.807, 2.05) is 30.3 Å². The average molecular weight is 426 g/mol. The number of carbonyl (C=O) groups excluding carboxylic acids is 1. The second kappa shape index (κ2) is 7.44. The van der Waals surface area contributed by atoms with E-state index < -0.39 is 18.3 Å². The Bertz CT molecular complexity index is 1110. The van der Waals surface area contributed by atoms with Crippen LogP contribution in [-0.2, 0) is 13.0 Å². The van der Waals surface area contributed by atoms with Gasteiger partial charge in [-0.3, -0.25) is 4.79 Å². The molecule has 31 heavy (non-hydrogen) atoms. The number of alkyl halides is 3. The number of carbonyl (C=O) groups is 1. The van der Waals surface area contributed by atoms with Crippen molar-refractivity contribution < 1.29 is 18.0 Å². The second-order valence-corrected chi connectivity index (χ2v) is 8.01. The number of amides is 1. The van der Waals surface area contributed by atoms with Gasteiger partial charge in [0.2, 0.25) is 0 Å². The van der Waals surface area contributed by atoms with Crippen molar-refractivity contribution in [1.82, 2.24) is 14.7 Å². The number of hydrogen-bond donors (Lipinski definition) is 1. The summed E-state index contributed by atoms with van der Waals surface area (Å²) in [6.45, 7) is 0.945. The van der Waals surface area contributed by atoms with Crippen molar-refractivity contribution in [3.05, 3.63) is 83.0 Å². The van der Waals surface area contributed by atoms with Gasteiger partial charge in [0, 0.05) is 25.6 Å². The summed E-state index contributed by atoms with van der Waals surface area (Å²) in [5.74, 6) is -0.140. The SMILES string of the molecule is O=C(c1cc2n(n1)[C@H](C(F)(F)F)C[C@@H](c1ccccc1)N2)N1CCc2ccccc2C1. The average Bonchev–Trinajstić information content (AvgIpc) is 3.21. The number of nitrogens with one attached hydrogen (secondary N) is 1. The minimum Gasteiger partial charge on any atom is -0.363 e. The monoisotopic (exact) mass is 426 g/mol. The van der Waals surface area contributed by atoms with Crippen molar-refractivity contribution in [2.45, 2.75) is 37.6 Å². The Labute approximate surface area is 177 Å². The molecule has 5 rings (SSSR count). The van der Waals surface area contributed by atoms with Gasteiger partial charge in [0.05, 0.1) is 6.04 Å². The molecule has 0 bridgehead atoms. The summed E-state index contributed by atoms with van der Waals surface area (Å²) < 4.78 is 42.5. The minimum atomic E-state index is -4.47. The summed E-state index contributed by atoms with van der Waals surface area (Å²) in [6.07, 6.45) is -3.94. The summed E-state index contributed by atoms with van der Waals surface area (Å²) >= 11 is 0. The summed E-state index contributed by atoms with van der Waals surface area (Å²) in [7, 11) is 0. The Morgan fingerprint density at radius 1 is 1.03 bits per heavy atom. The van der Waals surface area contributed by atoms with Gasteiger partial charge in [-0.25, -0.2) is 4.68 Å². The molecule has 0 unspecified atom stereocenters. The molecule has 5 nitrogen and oxygen atoms in total. The Hall–Kier alpha value is -3.29. The van der Waals surface area contributed by atoms with Gasteiger partial charge in [0.25, 0.3) is 5.91 Å². The number of nitrogens with zero attached hydrogens (tertiary/aromatic N) is 3. The van der Waals surface area contributed by atoms with Crippen LogP contribution in [0.1, 0.15) is 45.7 Å². The lowest BCUT2D eigenvalue weighted by molar-refractivity contribution is -0.173. The van der Waals surface area contributed by atoms with Crippen LogP contribution < -0.4 is 5.32 Å². The summed E-state index contributed by atoms with van der Waals surface area (Å²) in [6, 6.07) is 16.1. The summed E-state index contributed by atoms with van der Waals surface area (Å²) in [5.41, 5.74) is 3.05. The zero-order valence-corrected chi connectivity index (χ0v) is 16.6. The van der Waals surface area contributed by atoms with Crippen LogP contribution in [0.15, 0.2) is 60.7 Å². The highest BCUT2D eigenvalue weighted by molar-refractivity contribution is 5.93. The number of rotatable bonds is 2. The highest BCUT2D eigenvalue weighted by atomic mass is 19.4. The lowest BCUT2D eigenvalue weighted by Gasteiger charge is -2.33. The van der Waals surface area contributed by atoms with Crippen molar-refractivity contribution in [2.24, 2.45) is 0 Å². The highest BCUT2D eigenvalue weighted by Gasteiger charge is 2.47. The third-order valence-electron chi connectivity index (χ3n) is 6.03. The first kappa shape index (κ1) is 19.7. The molecular weight excluding hydrogens is 405 g/mol. The molecule has 0 saturated carbocycles. The lowest BCUT2D eigenvalue weighted by Crippen LogP contribution is -2.37. The smallest absolute Gasteiger partial charge is 0.363 e. The molecule has 1 amide bonds. The van der Waals surface area contributed by atoms with Crippen LogP contribution in [0.4, 0.5) is 19.0 Å². The van der Waals surface area contributed by atoms with Crippen LogP contribution in [0.5, 0.6) is 0 Å². The van der Waals surface area contributed by atoms with E-state index in [0.29, 0.717) is 13.1 Å². The topological polar surface area (TPSA) is 50.2 Å². The molecule has 160 valence electrons. The normalized spacial score (nSPS) is 20.5. The van der Waals surface area contributed by atoms with Gasteiger partial charge in [0.15, 0.2) is 11.7 Å². The molecule has 0 saturated heterocycles. The molecule has 1 N–H and O–H groups in total. The maximum atomic E-state index is 13.9. The van der Waals surface area contributed by atoms with E-state index in [-0.39, 0.29) is 23.8 Å². The van der Waals surface area contributed by atoms with Crippen LogP contribution in [0.3, 0.4) is 0 Å². The van der Waals surface area contributed by atoms with Crippen LogP contribution >= 0.6 is 0 Å². The quantitative estimate of drug-likeness (QED) is 0.644. The fraction of sp³-hybridized carbons (Fsp3) is 0.304. The van der Waals surface area contributed by atoms with Gasteiger partial charge in [-0.2, -0.15) is 18.3 Å². The molecule has 1 aromatic heterocycles. The minimum absolute atomic E-state index is 0.0323. The van der Waals surface area contributed by atoms with Gasteiger partial charge in [-0.1, -0.05) is 54.6 Å². The fourth-order valence-corrected chi connectivity index (χ4v) is 4.41. The number of halogens is 3. The van der Waals surface area contributed by atoms with Gasteiger partial charge in [-0.05, 0) is 23.1 Å². The van der Waals surface area contributed by atoms with E-state index in [1.165, 1.54) is 11.6 Å². The van der Waals surface area contributed by atoms with Gasteiger partial charge < -0.3 is 10.2 Å². The van der Waals surface area contributed by atoms with Gasteiger partial charge >= 0.3 is 6.18 Å². The summed E-state index contributed by atoms with van der Waals surface area (Å²) in [5, 5.41) is 7.24. The largest absolute Gasteiger partial charge is 0.410 e. The van der Waals surface area contributed by atoms with E-state index in [2.05, 4.69) is 10.4 Å². The maximum Gasteiger partial charge on any atom is 0.410 e. The fourth-order valence-electron chi connectivity index (χ4n) is 4.41. The van der Waals surface area contributed by atoms with Crippen molar-refractivity contribution in [3.63, 3.8) is 0 Å². The molecule has 2 aromatic carbocycles. The molecule has 0 radical (unpaired) electrons. The first-order chi connectivity index (χ1) is 14.9. The van der Waals surface area contributed by atoms with Crippen LogP contribution in [-0.4, -0.2) is 33.3 Å². The van der Waals surface area contributed by atoms with Crippen molar-refractivity contribution >= 4 is 11.7 Å². The van der Waals surface area contributed by atoms with E-state index in [1.54, 1.807) is 29.2 Å². The number of benzene rings is 2. The van der Waals surface area contributed by atoms with Crippen LogP contribution in [0.25, 0.3) is 0 Å². The maximum absolute atomic E-state index is 13.9. The molecule has 2 atom stereocenters. The zero-order chi connectivity index (χ0) is 21.6. The molecule has 0 aliphatic carbocycles. The molecule has 3 heterocycles. The van der Waals surface area contributed by atoms with E-state index in [0.717, 1.165) is 22.2 Å².